The lowest BCUT2D eigenvalue weighted by molar-refractivity contribution is 0.0922. The Hall–Kier alpha value is -1.60. The van der Waals surface area contributed by atoms with Gasteiger partial charge in [-0.3, -0.25) is 0 Å². The van der Waals surface area contributed by atoms with Crippen molar-refractivity contribution < 1.29 is 14.6 Å². The van der Waals surface area contributed by atoms with Gasteiger partial charge in [0.25, 0.3) is 0 Å². The Labute approximate surface area is 118 Å². The molecule has 20 heavy (non-hydrogen) atoms. The van der Waals surface area contributed by atoms with Gasteiger partial charge in [-0.1, -0.05) is 0 Å². The number of nitrogens with zero attached hydrogens (tertiary/aromatic N) is 3. The van der Waals surface area contributed by atoms with Crippen molar-refractivity contribution >= 4 is 6.09 Å². The van der Waals surface area contributed by atoms with Crippen molar-refractivity contribution in [2.24, 2.45) is 5.73 Å². The molecule has 1 atom stereocenters. The van der Waals surface area contributed by atoms with E-state index in [1.165, 1.54) is 0 Å². The Kier molecular flexibility index (Phi) is 4.97. The van der Waals surface area contributed by atoms with E-state index in [9.17, 15) is 4.79 Å². The summed E-state index contributed by atoms with van der Waals surface area (Å²) in [6.07, 6.45) is 4.86. The van der Waals surface area contributed by atoms with Crippen LogP contribution in [-0.4, -0.2) is 52.0 Å². The van der Waals surface area contributed by atoms with E-state index < -0.39 is 6.04 Å². The molecule has 2 rings (SSSR count). The number of ether oxygens (including phenoxy) is 1. The van der Waals surface area contributed by atoms with Gasteiger partial charge in [-0.05, 0) is 19.8 Å². The molecule has 1 aromatic heterocycles. The molecule has 1 aromatic rings. The van der Waals surface area contributed by atoms with Crippen molar-refractivity contribution in [3.63, 3.8) is 0 Å². The number of amides is 1. The van der Waals surface area contributed by atoms with E-state index in [0.717, 1.165) is 18.5 Å². The smallest absolute Gasteiger partial charge is 0.409 e. The summed E-state index contributed by atoms with van der Waals surface area (Å²) >= 11 is 0. The Balaban J connectivity index is 1.97. The standard InChI is InChI=1S/C13H22N4O3/c1-2-20-13(19)16-5-3-10(4-6-16)17-9-15-7-12(17)11(14)8-18/h7,9-11,18H,2-6,8,14H2,1H3. The van der Waals surface area contributed by atoms with Crippen LogP contribution in [0.15, 0.2) is 12.5 Å². The molecule has 1 saturated heterocycles. The second-order valence-corrected chi connectivity index (χ2v) is 4.93. The number of carbonyl (C=O) groups is 1. The summed E-state index contributed by atoms with van der Waals surface area (Å²) < 4.78 is 7.02. The molecule has 1 unspecified atom stereocenters. The first-order valence-electron chi connectivity index (χ1n) is 6.97. The van der Waals surface area contributed by atoms with Crippen molar-refractivity contribution in [1.29, 1.82) is 0 Å². The fraction of sp³-hybridized carbons (Fsp3) is 0.692. The topological polar surface area (TPSA) is 93.6 Å². The van der Waals surface area contributed by atoms with Crippen LogP contribution in [0.25, 0.3) is 0 Å². The molecule has 1 fully saturated rings. The van der Waals surface area contributed by atoms with Crippen LogP contribution >= 0.6 is 0 Å². The largest absolute Gasteiger partial charge is 0.450 e. The number of hydrogen-bond acceptors (Lipinski definition) is 5. The molecule has 0 aromatic carbocycles. The van der Waals surface area contributed by atoms with Crippen molar-refractivity contribution in [3.8, 4) is 0 Å². The van der Waals surface area contributed by atoms with Gasteiger partial charge in [-0.25, -0.2) is 9.78 Å². The lowest BCUT2D eigenvalue weighted by Crippen LogP contribution is -2.39. The lowest BCUT2D eigenvalue weighted by atomic mass is 10.0. The molecule has 112 valence electrons. The number of piperidine rings is 1. The van der Waals surface area contributed by atoms with Crippen molar-refractivity contribution in [2.75, 3.05) is 26.3 Å². The third kappa shape index (κ3) is 3.10. The van der Waals surface area contributed by atoms with E-state index in [4.69, 9.17) is 15.6 Å². The summed E-state index contributed by atoms with van der Waals surface area (Å²) in [4.78, 5) is 17.5. The first kappa shape index (κ1) is 14.8. The van der Waals surface area contributed by atoms with Crippen LogP contribution in [0.1, 0.15) is 37.5 Å². The van der Waals surface area contributed by atoms with E-state index in [1.807, 2.05) is 4.57 Å². The van der Waals surface area contributed by atoms with Gasteiger partial charge in [0.05, 0.1) is 31.3 Å². The maximum atomic E-state index is 11.6. The van der Waals surface area contributed by atoms with Gasteiger partial charge in [0.1, 0.15) is 0 Å². The maximum Gasteiger partial charge on any atom is 0.409 e. The van der Waals surface area contributed by atoms with Gasteiger partial charge in [0.2, 0.25) is 0 Å². The molecular formula is C13H22N4O3. The van der Waals surface area contributed by atoms with Crippen LogP contribution in [0.4, 0.5) is 4.79 Å². The van der Waals surface area contributed by atoms with Gasteiger partial charge >= 0.3 is 6.09 Å². The molecule has 7 nitrogen and oxygen atoms in total. The first-order valence-corrected chi connectivity index (χ1v) is 6.97. The molecule has 1 aliphatic heterocycles. The molecule has 7 heteroatoms. The summed E-state index contributed by atoms with van der Waals surface area (Å²) in [7, 11) is 0. The van der Waals surface area contributed by atoms with Gasteiger partial charge in [-0.15, -0.1) is 0 Å². The summed E-state index contributed by atoms with van der Waals surface area (Å²) in [5.74, 6) is 0. The second kappa shape index (κ2) is 6.71. The van der Waals surface area contributed by atoms with E-state index in [-0.39, 0.29) is 18.7 Å². The Morgan fingerprint density at radius 1 is 1.60 bits per heavy atom. The van der Waals surface area contributed by atoms with Crippen LogP contribution in [0.5, 0.6) is 0 Å². The number of hydrogen-bond donors (Lipinski definition) is 2. The van der Waals surface area contributed by atoms with Crippen LogP contribution in [0.2, 0.25) is 0 Å². The van der Waals surface area contributed by atoms with E-state index >= 15 is 0 Å². The number of aliphatic hydroxyl groups is 1. The summed E-state index contributed by atoms with van der Waals surface area (Å²) in [5.41, 5.74) is 6.70. The zero-order valence-corrected chi connectivity index (χ0v) is 11.7. The second-order valence-electron chi connectivity index (χ2n) is 4.93. The van der Waals surface area contributed by atoms with Crippen LogP contribution in [-0.2, 0) is 4.74 Å². The van der Waals surface area contributed by atoms with Crippen molar-refractivity contribution in [2.45, 2.75) is 31.8 Å². The zero-order valence-electron chi connectivity index (χ0n) is 11.7. The third-order valence-electron chi connectivity index (χ3n) is 3.66. The molecule has 0 bridgehead atoms. The number of rotatable bonds is 4. The first-order chi connectivity index (χ1) is 9.67. The van der Waals surface area contributed by atoms with E-state index in [1.54, 1.807) is 24.3 Å². The normalized spacial score (nSPS) is 18.1. The number of nitrogens with two attached hydrogens (primary N) is 1. The third-order valence-corrected chi connectivity index (χ3v) is 3.66. The quantitative estimate of drug-likeness (QED) is 0.846. The Morgan fingerprint density at radius 3 is 2.90 bits per heavy atom. The van der Waals surface area contributed by atoms with Crippen LogP contribution in [0, 0.1) is 0 Å². The highest BCUT2D eigenvalue weighted by Gasteiger charge is 2.26. The van der Waals surface area contributed by atoms with E-state index in [2.05, 4.69) is 4.98 Å². The summed E-state index contributed by atoms with van der Waals surface area (Å²) in [6, 6.07) is -0.156. The van der Waals surface area contributed by atoms with E-state index in [0.29, 0.717) is 19.7 Å². The fourth-order valence-corrected chi connectivity index (χ4v) is 2.54. The van der Waals surface area contributed by atoms with Crippen LogP contribution in [0.3, 0.4) is 0 Å². The van der Waals surface area contributed by atoms with Gasteiger partial charge < -0.3 is 25.0 Å². The minimum Gasteiger partial charge on any atom is -0.450 e. The zero-order chi connectivity index (χ0) is 14.5. The highest BCUT2D eigenvalue weighted by atomic mass is 16.6. The molecule has 2 heterocycles. The highest BCUT2D eigenvalue weighted by molar-refractivity contribution is 5.67. The van der Waals surface area contributed by atoms with Crippen molar-refractivity contribution in [1.82, 2.24) is 14.5 Å². The Morgan fingerprint density at radius 2 is 2.30 bits per heavy atom. The molecule has 0 spiro atoms. The minimum atomic E-state index is -0.416. The number of aromatic nitrogens is 2. The van der Waals surface area contributed by atoms with Crippen LogP contribution < -0.4 is 5.73 Å². The number of carbonyl (C=O) groups excluding carboxylic acids is 1. The average Bonchev–Trinajstić information content (AvgIpc) is 2.96. The monoisotopic (exact) mass is 282 g/mol. The van der Waals surface area contributed by atoms with Gasteiger partial charge in [-0.2, -0.15) is 0 Å². The fourth-order valence-electron chi connectivity index (χ4n) is 2.54. The lowest BCUT2D eigenvalue weighted by Gasteiger charge is -2.33. The molecule has 3 N–H and O–H groups in total. The van der Waals surface area contributed by atoms with Gasteiger partial charge in [0, 0.05) is 25.3 Å². The Bertz CT molecular complexity index is 441. The number of aliphatic hydroxyl groups excluding tert-OH is 1. The highest BCUT2D eigenvalue weighted by Crippen LogP contribution is 2.26. The summed E-state index contributed by atoms with van der Waals surface area (Å²) in [6.45, 7) is 3.42. The predicted molar refractivity (Wildman–Crippen MR) is 73.1 cm³/mol. The molecule has 0 radical (unpaired) electrons. The molecule has 0 aliphatic carbocycles. The SMILES string of the molecule is CCOC(=O)N1CCC(n2cncc2C(N)CO)CC1. The van der Waals surface area contributed by atoms with Gasteiger partial charge in [0.15, 0.2) is 0 Å². The predicted octanol–water partition coefficient (Wildman–Crippen LogP) is 0.669. The molecular weight excluding hydrogens is 260 g/mol. The molecule has 1 amide bonds. The summed E-state index contributed by atoms with van der Waals surface area (Å²) in [5, 5.41) is 9.17. The minimum absolute atomic E-state index is 0.104. The maximum absolute atomic E-state index is 11.6. The van der Waals surface area contributed by atoms with Crippen molar-refractivity contribution in [3.05, 3.63) is 18.2 Å². The molecule has 1 aliphatic rings. The number of likely N-dealkylation sites (tertiary alicyclic amines) is 1. The average molecular weight is 282 g/mol. The molecule has 0 saturated carbocycles. The number of imidazole rings is 1.